The lowest BCUT2D eigenvalue weighted by Crippen LogP contribution is -2.75. The fourth-order valence-electron chi connectivity index (χ4n) is 7.14. The third-order valence-electron chi connectivity index (χ3n) is 9.07. The summed E-state index contributed by atoms with van der Waals surface area (Å²) in [5, 5.41) is 33.5. The van der Waals surface area contributed by atoms with Gasteiger partial charge in [0.15, 0.2) is 34.4 Å². The second-order valence-corrected chi connectivity index (χ2v) is 11.4. The van der Waals surface area contributed by atoms with Crippen molar-refractivity contribution in [3.8, 4) is 17.2 Å². The number of ketones is 3. The van der Waals surface area contributed by atoms with Gasteiger partial charge >= 0.3 is 0 Å². The number of nitrogens with zero attached hydrogens (tertiary/aromatic N) is 1. The maximum atomic E-state index is 13.9. The molecule has 0 aliphatic heterocycles. The summed E-state index contributed by atoms with van der Waals surface area (Å²) >= 11 is 0. The molecule has 11 heteroatoms. The molecule has 3 aliphatic carbocycles. The van der Waals surface area contributed by atoms with Gasteiger partial charge in [0, 0.05) is 12.0 Å². The summed E-state index contributed by atoms with van der Waals surface area (Å²) in [5.41, 5.74) is 4.66. The Morgan fingerprint density at radius 2 is 1.74 bits per heavy atom. The van der Waals surface area contributed by atoms with Crippen molar-refractivity contribution in [2.75, 3.05) is 28.3 Å². The Balaban J connectivity index is 1.57. The standard InChI is InChI=1S/C31H34N2O9/c1-33(2)25-18-13-16-12-17-15(7-5-14-6-10-20(41-3)21(11-14)42-4)8-9-19(34)23(17)26(35)22(16)28(37)31(18,40)29(38)24(27(25)36)30(32)39/h5-11,16,18,22,24-25,27,34,36,40H,12-13H2,1-4H3,(H2,32,39)/t16-,18-,22?,24?,25-,27?,31-/m1/s1. The number of hydrogen-bond donors (Lipinski definition) is 4. The van der Waals surface area contributed by atoms with E-state index in [1.807, 2.05) is 12.1 Å². The van der Waals surface area contributed by atoms with Gasteiger partial charge in [0.1, 0.15) is 11.7 Å². The Hall–Kier alpha value is -4.06. The minimum absolute atomic E-state index is 0.0417. The number of ether oxygens (including phenoxy) is 2. The molecule has 2 aromatic rings. The summed E-state index contributed by atoms with van der Waals surface area (Å²) in [6.07, 6.45) is 2.31. The van der Waals surface area contributed by atoms with E-state index >= 15 is 0 Å². The first-order valence-electron chi connectivity index (χ1n) is 13.6. The van der Waals surface area contributed by atoms with E-state index in [9.17, 15) is 34.5 Å². The predicted octanol–water partition coefficient (Wildman–Crippen LogP) is 0.846. The van der Waals surface area contributed by atoms with Crippen molar-refractivity contribution in [3.05, 3.63) is 52.6 Å². The van der Waals surface area contributed by atoms with Gasteiger partial charge in [-0.25, -0.2) is 0 Å². The van der Waals surface area contributed by atoms with Crippen LogP contribution in [0.4, 0.5) is 0 Å². The minimum atomic E-state index is -2.69. The molecule has 2 saturated carbocycles. The van der Waals surface area contributed by atoms with Gasteiger partial charge in [0.2, 0.25) is 5.91 Å². The molecule has 222 valence electrons. The van der Waals surface area contributed by atoms with Crippen molar-refractivity contribution in [1.29, 1.82) is 0 Å². The van der Waals surface area contributed by atoms with E-state index in [-0.39, 0.29) is 24.2 Å². The molecular weight excluding hydrogens is 544 g/mol. The number of benzene rings is 2. The zero-order chi connectivity index (χ0) is 30.7. The maximum Gasteiger partial charge on any atom is 0.230 e. The molecule has 7 atom stereocenters. The van der Waals surface area contributed by atoms with Gasteiger partial charge in [0.25, 0.3) is 0 Å². The second kappa shape index (κ2) is 10.6. The van der Waals surface area contributed by atoms with Crippen LogP contribution in [-0.2, 0) is 20.8 Å². The zero-order valence-electron chi connectivity index (χ0n) is 23.7. The lowest BCUT2D eigenvalue weighted by molar-refractivity contribution is -0.190. The fourth-order valence-corrected chi connectivity index (χ4v) is 7.14. The number of carbonyl (C=O) groups excluding carboxylic acids is 4. The Morgan fingerprint density at radius 3 is 2.36 bits per heavy atom. The number of nitrogens with two attached hydrogens (primary N) is 1. The van der Waals surface area contributed by atoms with Gasteiger partial charge in [-0.1, -0.05) is 24.3 Å². The lowest BCUT2D eigenvalue weighted by atomic mass is 9.52. The summed E-state index contributed by atoms with van der Waals surface area (Å²) in [6, 6.07) is 7.46. The third kappa shape index (κ3) is 4.31. The molecule has 2 aromatic carbocycles. The van der Waals surface area contributed by atoms with Gasteiger partial charge in [-0.2, -0.15) is 0 Å². The number of phenols is 1. The quantitative estimate of drug-likeness (QED) is 0.284. The Morgan fingerprint density at radius 1 is 1.05 bits per heavy atom. The highest BCUT2D eigenvalue weighted by Crippen LogP contribution is 2.51. The van der Waals surface area contributed by atoms with E-state index in [1.165, 1.54) is 20.3 Å². The Labute approximate surface area is 242 Å². The number of carbonyl (C=O) groups is 4. The second-order valence-electron chi connectivity index (χ2n) is 11.4. The van der Waals surface area contributed by atoms with Crippen LogP contribution in [0.5, 0.6) is 17.2 Å². The molecule has 5 N–H and O–H groups in total. The first-order valence-corrected chi connectivity index (χ1v) is 13.6. The van der Waals surface area contributed by atoms with Crippen LogP contribution in [0.2, 0.25) is 0 Å². The van der Waals surface area contributed by atoms with Crippen LogP contribution in [0.15, 0.2) is 30.3 Å². The topological polar surface area (TPSA) is 177 Å². The number of aromatic hydroxyl groups is 1. The number of phenolic OH excluding ortho intramolecular Hbond substituents is 1. The monoisotopic (exact) mass is 578 g/mol. The number of likely N-dealkylation sites (N-methyl/N-ethyl adjacent to an activating group) is 1. The molecule has 0 spiro atoms. The molecule has 0 heterocycles. The van der Waals surface area contributed by atoms with E-state index in [0.717, 1.165) is 5.56 Å². The number of rotatable bonds is 6. The third-order valence-corrected chi connectivity index (χ3v) is 9.07. The number of methoxy groups -OCH3 is 2. The van der Waals surface area contributed by atoms with Crippen molar-refractivity contribution < 1.29 is 44.0 Å². The molecule has 3 aliphatic rings. The number of fused-ring (bicyclic) bond motifs is 3. The van der Waals surface area contributed by atoms with E-state index in [2.05, 4.69) is 0 Å². The van der Waals surface area contributed by atoms with Crippen molar-refractivity contribution >= 4 is 35.4 Å². The van der Waals surface area contributed by atoms with Crippen LogP contribution in [-0.4, -0.2) is 89.5 Å². The van der Waals surface area contributed by atoms with E-state index in [0.29, 0.717) is 22.6 Å². The van der Waals surface area contributed by atoms with Crippen molar-refractivity contribution in [1.82, 2.24) is 4.90 Å². The fraction of sp³-hybridized carbons (Fsp3) is 0.419. The first-order chi connectivity index (χ1) is 19.9. The highest BCUT2D eigenvalue weighted by molar-refractivity contribution is 6.25. The number of primary amides is 1. The number of Topliss-reactive ketones (excluding diaryl/α,β-unsaturated/α-hetero) is 3. The average Bonchev–Trinajstić information content (AvgIpc) is 2.94. The van der Waals surface area contributed by atoms with E-state index in [4.69, 9.17) is 15.2 Å². The molecule has 0 bridgehead atoms. The first kappa shape index (κ1) is 29.4. The highest BCUT2D eigenvalue weighted by Gasteiger charge is 2.69. The number of hydrogen-bond acceptors (Lipinski definition) is 10. The number of aliphatic hydroxyl groups excluding tert-OH is 1. The summed E-state index contributed by atoms with van der Waals surface area (Å²) in [5.74, 6) is -8.22. The number of aliphatic hydroxyl groups is 2. The van der Waals surface area contributed by atoms with Crippen molar-refractivity contribution in [2.45, 2.75) is 30.6 Å². The normalized spacial score (nSPS) is 30.6. The number of amides is 1. The molecule has 0 saturated heterocycles. The molecule has 2 fully saturated rings. The van der Waals surface area contributed by atoms with Crippen molar-refractivity contribution in [3.63, 3.8) is 0 Å². The Kier molecular flexibility index (Phi) is 7.46. The maximum absolute atomic E-state index is 13.9. The molecule has 5 rings (SSSR count). The van der Waals surface area contributed by atoms with E-state index in [1.54, 1.807) is 43.3 Å². The lowest BCUT2D eigenvalue weighted by Gasteiger charge is -2.54. The van der Waals surface area contributed by atoms with Crippen LogP contribution in [0.25, 0.3) is 12.2 Å². The average molecular weight is 579 g/mol. The summed E-state index contributed by atoms with van der Waals surface area (Å²) in [6.45, 7) is 0. The van der Waals surface area contributed by atoms with E-state index < -0.39 is 64.7 Å². The highest BCUT2D eigenvalue weighted by atomic mass is 16.5. The predicted molar refractivity (Wildman–Crippen MR) is 151 cm³/mol. The molecular formula is C31H34N2O9. The van der Waals surface area contributed by atoms with Gasteiger partial charge in [0.05, 0.1) is 31.8 Å². The summed E-state index contributed by atoms with van der Waals surface area (Å²) in [4.78, 5) is 55.0. The van der Waals surface area contributed by atoms with Crippen LogP contribution in [0.1, 0.15) is 33.5 Å². The van der Waals surface area contributed by atoms with Gasteiger partial charge in [-0.05, 0) is 67.7 Å². The van der Waals surface area contributed by atoms with Gasteiger partial charge in [-0.15, -0.1) is 0 Å². The van der Waals surface area contributed by atoms with Gasteiger partial charge in [-0.3, -0.25) is 19.2 Å². The molecule has 0 radical (unpaired) electrons. The minimum Gasteiger partial charge on any atom is -0.507 e. The zero-order valence-corrected chi connectivity index (χ0v) is 23.7. The molecule has 42 heavy (non-hydrogen) atoms. The SMILES string of the molecule is COc1ccc(C=Cc2ccc(O)c3c2C[C@@H]2C[C@@H]4[C@@H](N(C)C)C(O)C(C(N)=O)C(=O)[C@]4(O)C(=O)C2C3=O)cc1OC. The van der Waals surface area contributed by atoms with Gasteiger partial charge < -0.3 is 35.4 Å². The largest absolute Gasteiger partial charge is 0.507 e. The Bertz CT molecular complexity index is 1520. The molecule has 3 unspecified atom stereocenters. The smallest absolute Gasteiger partial charge is 0.230 e. The van der Waals surface area contributed by atoms with Crippen molar-refractivity contribution in [2.24, 2.45) is 29.4 Å². The van der Waals surface area contributed by atoms with Crippen LogP contribution in [0, 0.1) is 23.7 Å². The van der Waals surface area contributed by atoms with Crippen LogP contribution >= 0.6 is 0 Å². The summed E-state index contributed by atoms with van der Waals surface area (Å²) < 4.78 is 10.7. The van der Waals surface area contributed by atoms with Crippen LogP contribution in [0.3, 0.4) is 0 Å². The molecule has 1 amide bonds. The molecule has 0 aromatic heterocycles. The summed E-state index contributed by atoms with van der Waals surface area (Å²) in [7, 11) is 6.28. The van der Waals surface area contributed by atoms with Crippen LogP contribution < -0.4 is 15.2 Å². The molecule has 11 nitrogen and oxygen atoms in total.